The Kier molecular flexibility index (Phi) is 3.84. The summed E-state index contributed by atoms with van der Waals surface area (Å²) in [6.07, 6.45) is 4.49. The van der Waals surface area contributed by atoms with E-state index in [0.29, 0.717) is 23.7 Å². The number of ether oxygens (including phenoxy) is 1. The Labute approximate surface area is 105 Å². The Bertz CT molecular complexity index is 385. The Balaban J connectivity index is 1.85. The van der Waals surface area contributed by atoms with Gasteiger partial charge in [0.2, 0.25) is 5.88 Å². The van der Waals surface area contributed by atoms with Crippen LogP contribution in [0.5, 0.6) is 5.88 Å². The molecule has 1 aliphatic carbocycles. The summed E-state index contributed by atoms with van der Waals surface area (Å²) in [5.41, 5.74) is 0. The van der Waals surface area contributed by atoms with Gasteiger partial charge in [-0.2, -0.15) is 0 Å². The van der Waals surface area contributed by atoms with E-state index in [1.807, 2.05) is 0 Å². The molecule has 1 aromatic rings. The van der Waals surface area contributed by atoms with Crippen molar-refractivity contribution in [1.29, 1.82) is 0 Å². The predicted molar refractivity (Wildman–Crippen MR) is 63.3 cm³/mol. The lowest BCUT2D eigenvalue weighted by Crippen LogP contribution is -2.28. The standard InChI is InChI=1S/C12H14ClNO3/c13-9-3-6-11(14-7-9)17-10-4-1-8(2-5-10)12(15)16/h3,6-8,10H,1-2,4-5H2,(H,15,16). The Morgan fingerprint density at radius 1 is 1.35 bits per heavy atom. The first-order chi connectivity index (χ1) is 8.15. The van der Waals surface area contributed by atoms with Crippen molar-refractivity contribution in [1.82, 2.24) is 4.98 Å². The van der Waals surface area contributed by atoms with Gasteiger partial charge in [-0.25, -0.2) is 4.98 Å². The maximum absolute atomic E-state index is 10.8. The maximum Gasteiger partial charge on any atom is 0.306 e. The van der Waals surface area contributed by atoms with E-state index in [0.717, 1.165) is 12.8 Å². The number of hydrogen-bond acceptors (Lipinski definition) is 3. The van der Waals surface area contributed by atoms with Crippen molar-refractivity contribution >= 4 is 17.6 Å². The van der Waals surface area contributed by atoms with Crippen LogP contribution in [-0.4, -0.2) is 22.2 Å². The van der Waals surface area contributed by atoms with Gasteiger partial charge in [0.05, 0.1) is 10.9 Å². The Morgan fingerprint density at radius 2 is 2.06 bits per heavy atom. The Morgan fingerprint density at radius 3 is 2.59 bits per heavy atom. The van der Waals surface area contributed by atoms with Crippen LogP contribution < -0.4 is 4.74 Å². The highest BCUT2D eigenvalue weighted by Gasteiger charge is 2.26. The lowest BCUT2D eigenvalue weighted by atomic mass is 9.87. The summed E-state index contributed by atoms with van der Waals surface area (Å²) >= 11 is 5.73. The van der Waals surface area contributed by atoms with Crippen molar-refractivity contribution in [3.05, 3.63) is 23.4 Å². The van der Waals surface area contributed by atoms with Gasteiger partial charge in [-0.15, -0.1) is 0 Å². The van der Waals surface area contributed by atoms with Gasteiger partial charge in [0.25, 0.3) is 0 Å². The molecule has 4 nitrogen and oxygen atoms in total. The smallest absolute Gasteiger partial charge is 0.306 e. The van der Waals surface area contributed by atoms with Gasteiger partial charge in [-0.3, -0.25) is 4.79 Å². The molecule has 0 aromatic carbocycles. The fraction of sp³-hybridized carbons (Fsp3) is 0.500. The zero-order valence-electron chi connectivity index (χ0n) is 9.30. The molecule has 0 saturated heterocycles. The summed E-state index contributed by atoms with van der Waals surface area (Å²) in [5.74, 6) is -0.366. The molecule has 0 spiro atoms. The molecule has 2 rings (SSSR count). The predicted octanol–water partition coefficient (Wildman–Crippen LogP) is 2.76. The van der Waals surface area contributed by atoms with Crippen molar-refractivity contribution < 1.29 is 14.6 Å². The van der Waals surface area contributed by atoms with Gasteiger partial charge in [-0.1, -0.05) is 11.6 Å². The van der Waals surface area contributed by atoms with Gasteiger partial charge in [0, 0.05) is 12.3 Å². The summed E-state index contributed by atoms with van der Waals surface area (Å²) in [6, 6.07) is 3.46. The molecule has 0 atom stereocenters. The van der Waals surface area contributed by atoms with E-state index in [9.17, 15) is 4.79 Å². The van der Waals surface area contributed by atoms with Gasteiger partial charge < -0.3 is 9.84 Å². The second-order valence-corrected chi connectivity index (χ2v) is 4.68. The zero-order valence-corrected chi connectivity index (χ0v) is 10.1. The molecule has 1 saturated carbocycles. The summed E-state index contributed by atoms with van der Waals surface area (Å²) in [7, 11) is 0. The van der Waals surface area contributed by atoms with Crippen molar-refractivity contribution in [2.24, 2.45) is 5.92 Å². The number of halogens is 1. The molecule has 17 heavy (non-hydrogen) atoms. The number of pyridine rings is 1. The van der Waals surface area contributed by atoms with Crippen LogP contribution in [0.25, 0.3) is 0 Å². The van der Waals surface area contributed by atoms with Crippen LogP contribution in [0.1, 0.15) is 25.7 Å². The summed E-state index contributed by atoms with van der Waals surface area (Å²) < 4.78 is 5.68. The van der Waals surface area contributed by atoms with Crippen LogP contribution in [0.4, 0.5) is 0 Å². The van der Waals surface area contributed by atoms with E-state index in [-0.39, 0.29) is 12.0 Å². The molecular weight excluding hydrogens is 242 g/mol. The number of rotatable bonds is 3. The average Bonchev–Trinajstić information content (AvgIpc) is 2.33. The molecule has 5 heteroatoms. The zero-order chi connectivity index (χ0) is 12.3. The molecule has 1 aliphatic rings. The molecule has 92 valence electrons. The van der Waals surface area contributed by atoms with Crippen LogP contribution in [0.15, 0.2) is 18.3 Å². The minimum atomic E-state index is -0.701. The second-order valence-electron chi connectivity index (χ2n) is 4.24. The first-order valence-electron chi connectivity index (χ1n) is 5.66. The molecule has 1 N–H and O–H groups in total. The number of aromatic nitrogens is 1. The van der Waals surface area contributed by atoms with Crippen molar-refractivity contribution in [2.45, 2.75) is 31.8 Å². The number of carboxylic acid groups (broad SMARTS) is 1. The monoisotopic (exact) mass is 255 g/mol. The van der Waals surface area contributed by atoms with E-state index in [1.54, 1.807) is 18.3 Å². The van der Waals surface area contributed by atoms with Gasteiger partial charge in [-0.05, 0) is 31.7 Å². The third kappa shape index (κ3) is 3.33. The molecule has 0 bridgehead atoms. The number of carboxylic acids is 1. The lowest BCUT2D eigenvalue weighted by molar-refractivity contribution is -0.143. The minimum absolute atomic E-state index is 0.0688. The van der Waals surface area contributed by atoms with E-state index in [4.69, 9.17) is 21.4 Å². The second kappa shape index (κ2) is 5.36. The van der Waals surface area contributed by atoms with E-state index in [2.05, 4.69) is 4.98 Å². The topological polar surface area (TPSA) is 59.4 Å². The average molecular weight is 256 g/mol. The highest BCUT2D eigenvalue weighted by Crippen LogP contribution is 2.27. The van der Waals surface area contributed by atoms with E-state index >= 15 is 0 Å². The van der Waals surface area contributed by atoms with Crippen LogP contribution in [-0.2, 0) is 4.79 Å². The van der Waals surface area contributed by atoms with Gasteiger partial charge in [0.15, 0.2) is 0 Å². The first-order valence-corrected chi connectivity index (χ1v) is 6.04. The normalized spacial score (nSPS) is 24.3. The summed E-state index contributed by atoms with van der Waals surface area (Å²) in [6.45, 7) is 0. The molecule has 1 fully saturated rings. The largest absolute Gasteiger partial charge is 0.481 e. The quantitative estimate of drug-likeness (QED) is 0.902. The SMILES string of the molecule is O=C(O)C1CCC(Oc2ccc(Cl)cn2)CC1. The molecular formula is C12H14ClNO3. The fourth-order valence-electron chi connectivity index (χ4n) is 2.03. The van der Waals surface area contributed by atoms with E-state index < -0.39 is 5.97 Å². The first kappa shape index (κ1) is 12.2. The highest BCUT2D eigenvalue weighted by atomic mass is 35.5. The summed E-state index contributed by atoms with van der Waals surface area (Å²) in [5, 5.41) is 9.45. The molecule has 0 aliphatic heterocycles. The van der Waals surface area contributed by atoms with Crippen LogP contribution in [0.2, 0.25) is 5.02 Å². The van der Waals surface area contributed by atoms with Gasteiger partial charge >= 0.3 is 5.97 Å². The highest BCUT2D eigenvalue weighted by molar-refractivity contribution is 6.30. The number of carbonyl (C=O) groups is 1. The van der Waals surface area contributed by atoms with Crippen LogP contribution >= 0.6 is 11.6 Å². The fourth-order valence-corrected chi connectivity index (χ4v) is 2.14. The number of hydrogen-bond donors (Lipinski definition) is 1. The maximum atomic E-state index is 10.8. The Hall–Kier alpha value is -1.29. The molecule has 1 heterocycles. The van der Waals surface area contributed by atoms with Crippen molar-refractivity contribution in [3.8, 4) is 5.88 Å². The van der Waals surface area contributed by atoms with E-state index in [1.165, 1.54) is 0 Å². The van der Waals surface area contributed by atoms with Crippen molar-refractivity contribution in [2.75, 3.05) is 0 Å². The molecule has 0 unspecified atom stereocenters. The van der Waals surface area contributed by atoms with Crippen LogP contribution in [0.3, 0.4) is 0 Å². The lowest BCUT2D eigenvalue weighted by Gasteiger charge is -2.26. The van der Waals surface area contributed by atoms with Crippen LogP contribution in [0, 0.1) is 5.92 Å². The number of nitrogens with zero attached hydrogens (tertiary/aromatic N) is 1. The number of aliphatic carboxylic acids is 1. The molecule has 1 aromatic heterocycles. The third-order valence-corrected chi connectivity index (χ3v) is 3.23. The minimum Gasteiger partial charge on any atom is -0.481 e. The third-order valence-electron chi connectivity index (χ3n) is 3.01. The molecule has 0 radical (unpaired) electrons. The van der Waals surface area contributed by atoms with Gasteiger partial charge in [0.1, 0.15) is 6.10 Å². The summed E-state index contributed by atoms with van der Waals surface area (Å²) in [4.78, 5) is 14.8. The van der Waals surface area contributed by atoms with Crippen molar-refractivity contribution in [3.63, 3.8) is 0 Å². The molecule has 0 amide bonds.